The average molecular weight is 492 g/mol. The van der Waals surface area contributed by atoms with Crippen LogP contribution in [0.2, 0.25) is 0 Å². The van der Waals surface area contributed by atoms with Crippen LogP contribution in [0, 0.1) is 0 Å². The van der Waals surface area contributed by atoms with Crippen molar-refractivity contribution in [2.75, 3.05) is 46.6 Å². The minimum Gasteiger partial charge on any atom is -0.497 e. The van der Waals surface area contributed by atoms with Gasteiger partial charge in [0.25, 0.3) is 0 Å². The Labute approximate surface area is 201 Å². The minimum absolute atomic E-state index is 0.0816. The van der Waals surface area contributed by atoms with Crippen LogP contribution in [0.5, 0.6) is 5.75 Å². The van der Waals surface area contributed by atoms with Gasteiger partial charge in [0.2, 0.25) is 4.75 Å². The average Bonchev–Trinajstić information content (AvgIpc) is 2.86. The molecular weight excluding hydrogens is 458 g/mol. The molecule has 1 fully saturated rings. The van der Waals surface area contributed by atoms with Gasteiger partial charge in [-0.05, 0) is 36.2 Å². The highest BCUT2D eigenvalue weighted by atomic mass is 32.2. The monoisotopic (exact) mass is 491 g/mol. The lowest BCUT2D eigenvalue weighted by atomic mass is 9.90. The summed E-state index contributed by atoms with van der Waals surface area (Å²) >= 11 is 0. The number of carboxylic acid groups (broad SMARTS) is 1. The number of aliphatic carboxylic acids is 1. The summed E-state index contributed by atoms with van der Waals surface area (Å²) in [5.74, 6) is -0.942. The van der Waals surface area contributed by atoms with E-state index < -0.39 is 26.7 Å². The number of hydrogen-bond donors (Lipinski definition) is 1. The van der Waals surface area contributed by atoms with Crippen molar-refractivity contribution in [1.82, 2.24) is 4.90 Å². The topological polar surface area (TPSA) is 102 Å². The van der Waals surface area contributed by atoms with Crippen LogP contribution < -0.4 is 4.74 Å². The molecule has 0 bridgehead atoms. The lowest BCUT2D eigenvalue weighted by Crippen LogP contribution is -2.52. The molecule has 2 unspecified atom stereocenters. The number of hydrogen-bond acceptors (Lipinski definition) is 7. The second kappa shape index (κ2) is 11.8. The SMILES string of the molecule is CCCC(C(=O)O)(C(OCCN1CCOCC1)c1ccccc1)S(=O)(=O)c1ccc(OC)cc1. The molecule has 34 heavy (non-hydrogen) atoms. The van der Waals surface area contributed by atoms with Gasteiger partial charge in [-0.2, -0.15) is 0 Å². The molecule has 2 aromatic rings. The number of nitrogens with zero attached hydrogens (tertiary/aromatic N) is 1. The first-order valence-electron chi connectivity index (χ1n) is 11.5. The van der Waals surface area contributed by atoms with Gasteiger partial charge in [-0.3, -0.25) is 9.69 Å². The Hall–Kier alpha value is -2.46. The Balaban J connectivity index is 2.05. The van der Waals surface area contributed by atoms with Gasteiger partial charge in [0, 0.05) is 19.6 Å². The largest absolute Gasteiger partial charge is 0.497 e. The van der Waals surface area contributed by atoms with Crippen LogP contribution in [0.1, 0.15) is 31.4 Å². The summed E-state index contributed by atoms with van der Waals surface area (Å²) in [6, 6.07) is 14.6. The Morgan fingerprint density at radius 3 is 2.32 bits per heavy atom. The molecule has 0 aliphatic carbocycles. The Bertz CT molecular complexity index is 1020. The summed E-state index contributed by atoms with van der Waals surface area (Å²) in [5, 5.41) is 10.5. The molecule has 3 rings (SSSR count). The molecule has 1 aliphatic rings. The molecule has 2 atom stereocenters. The Morgan fingerprint density at radius 2 is 1.76 bits per heavy atom. The highest BCUT2D eigenvalue weighted by Gasteiger charge is 2.58. The predicted molar refractivity (Wildman–Crippen MR) is 128 cm³/mol. The second-order valence-electron chi connectivity index (χ2n) is 8.24. The lowest BCUT2D eigenvalue weighted by Gasteiger charge is -2.37. The van der Waals surface area contributed by atoms with Gasteiger partial charge in [-0.15, -0.1) is 0 Å². The fraction of sp³-hybridized carbons (Fsp3) is 0.480. The second-order valence-corrected chi connectivity index (χ2v) is 10.4. The fourth-order valence-electron chi connectivity index (χ4n) is 4.33. The van der Waals surface area contributed by atoms with Crippen molar-refractivity contribution in [1.29, 1.82) is 0 Å². The quantitative estimate of drug-likeness (QED) is 0.483. The number of methoxy groups -OCH3 is 1. The van der Waals surface area contributed by atoms with Gasteiger partial charge < -0.3 is 19.3 Å². The molecule has 186 valence electrons. The first kappa shape index (κ1) is 26.2. The van der Waals surface area contributed by atoms with Crippen molar-refractivity contribution >= 4 is 15.8 Å². The molecule has 0 radical (unpaired) electrons. The number of sulfone groups is 1. The van der Waals surface area contributed by atoms with Crippen LogP contribution in [0.25, 0.3) is 0 Å². The zero-order chi connectivity index (χ0) is 24.6. The van der Waals surface area contributed by atoms with Gasteiger partial charge in [-0.25, -0.2) is 8.42 Å². The maximum Gasteiger partial charge on any atom is 0.328 e. The summed E-state index contributed by atoms with van der Waals surface area (Å²) < 4.78 is 42.6. The molecule has 8 nitrogen and oxygen atoms in total. The maximum absolute atomic E-state index is 14.0. The van der Waals surface area contributed by atoms with E-state index in [0.717, 1.165) is 13.1 Å². The van der Waals surface area contributed by atoms with Crippen LogP contribution in [0.4, 0.5) is 0 Å². The van der Waals surface area contributed by atoms with Crippen LogP contribution in [-0.4, -0.2) is 75.7 Å². The summed E-state index contributed by atoms with van der Waals surface area (Å²) in [7, 11) is -2.88. The van der Waals surface area contributed by atoms with E-state index in [0.29, 0.717) is 37.5 Å². The third kappa shape index (κ3) is 5.43. The van der Waals surface area contributed by atoms with E-state index in [-0.39, 0.29) is 17.9 Å². The predicted octanol–water partition coefficient (Wildman–Crippen LogP) is 3.18. The molecule has 0 amide bonds. The molecule has 9 heteroatoms. The van der Waals surface area contributed by atoms with Gasteiger partial charge in [-0.1, -0.05) is 43.7 Å². The van der Waals surface area contributed by atoms with Crippen molar-refractivity contribution in [3.8, 4) is 5.75 Å². The van der Waals surface area contributed by atoms with Crippen molar-refractivity contribution in [3.05, 3.63) is 60.2 Å². The summed E-state index contributed by atoms with van der Waals surface area (Å²) in [5.41, 5.74) is 0.511. The van der Waals surface area contributed by atoms with E-state index in [9.17, 15) is 18.3 Å². The minimum atomic E-state index is -4.37. The third-order valence-corrected chi connectivity index (χ3v) is 8.60. The molecule has 1 N–H and O–H groups in total. The number of ether oxygens (including phenoxy) is 3. The van der Waals surface area contributed by atoms with E-state index >= 15 is 0 Å². The van der Waals surface area contributed by atoms with E-state index in [1.807, 2.05) is 0 Å². The van der Waals surface area contributed by atoms with Crippen LogP contribution in [-0.2, 0) is 24.1 Å². The van der Waals surface area contributed by atoms with Crippen molar-refractivity contribution in [2.24, 2.45) is 0 Å². The van der Waals surface area contributed by atoms with Gasteiger partial charge >= 0.3 is 5.97 Å². The van der Waals surface area contributed by atoms with Crippen LogP contribution >= 0.6 is 0 Å². The number of rotatable bonds is 12. The summed E-state index contributed by atoms with van der Waals surface area (Å²) in [6.45, 7) is 5.28. The molecule has 2 aromatic carbocycles. The molecule has 0 aromatic heterocycles. The number of carbonyl (C=O) groups is 1. The molecule has 1 heterocycles. The standard InChI is InChI=1S/C25H33NO7S/c1-3-13-25(24(27)28,34(29,30)22-11-9-21(31-2)10-12-22)23(20-7-5-4-6-8-20)33-19-16-26-14-17-32-18-15-26/h4-12,23H,3,13-19H2,1-2H3,(H,27,28). The third-order valence-electron chi connectivity index (χ3n) is 6.15. The highest BCUT2D eigenvalue weighted by Crippen LogP contribution is 2.43. The smallest absolute Gasteiger partial charge is 0.328 e. The Morgan fingerprint density at radius 1 is 1.12 bits per heavy atom. The first-order chi connectivity index (χ1) is 16.4. The van der Waals surface area contributed by atoms with Gasteiger partial charge in [0.1, 0.15) is 11.9 Å². The first-order valence-corrected chi connectivity index (χ1v) is 12.9. The number of carboxylic acids is 1. The van der Waals surface area contributed by atoms with E-state index in [1.165, 1.54) is 31.4 Å². The van der Waals surface area contributed by atoms with Crippen LogP contribution in [0.15, 0.2) is 59.5 Å². The highest BCUT2D eigenvalue weighted by molar-refractivity contribution is 7.93. The van der Waals surface area contributed by atoms with Gasteiger partial charge in [0.15, 0.2) is 9.84 Å². The van der Waals surface area contributed by atoms with Crippen molar-refractivity contribution in [3.63, 3.8) is 0 Å². The molecular formula is C25H33NO7S. The maximum atomic E-state index is 14.0. The molecule has 0 saturated carbocycles. The zero-order valence-electron chi connectivity index (χ0n) is 19.7. The number of morpholine rings is 1. The molecule has 0 spiro atoms. The molecule has 1 saturated heterocycles. The molecule has 1 aliphatic heterocycles. The van der Waals surface area contributed by atoms with E-state index in [1.54, 1.807) is 37.3 Å². The zero-order valence-corrected chi connectivity index (χ0v) is 20.5. The Kier molecular flexibility index (Phi) is 9.07. The lowest BCUT2D eigenvalue weighted by molar-refractivity contribution is -0.146. The van der Waals surface area contributed by atoms with E-state index in [4.69, 9.17) is 14.2 Å². The fourth-order valence-corrected chi connectivity index (χ4v) is 6.43. The summed E-state index contributed by atoms with van der Waals surface area (Å²) in [4.78, 5) is 15.0. The van der Waals surface area contributed by atoms with Crippen molar-refractivity contribution < 1.29 is 32.5 Å². The van der Waals surface area contributed by atoms with Crippen molar-refractivity contribution in [2.45, 2.75) is 35.5 Å². The van der Waals surface area contributed by atoms with E-state index in [2.05, 4.69) is 4.90 Å². The van der Waals surface area contributed by atoms with Crippen LogP contribution in [0.3, 0.4) is 0 Å². The normalized spacial score (nSPS) is 17.6. The van der Waals surface area contributed by atoms with Gasteiger partial charge in [0.05, 0.1) is 31.8 Å². The summed E-state index contributed by atoms with van der Waals surface area (Å²) in [6.07, 6.45) is -0.953. The number of benzene rings is 2.